The van der Waals surface area contributed by atoms with Gasteiger partial charge in [0, 0.05) is 48.3 Å². The molecule has 0 aromatic heterocycles. The van der Waals surface area contributed by atoms with Crippen molar-refractivity contribution in [1.82, 2.24) is 4.90 Å². The van der Waals surface area contributed by atoms with Crippen LogP contribution in [0.5, 0.6) is 0 Å². The summed E-state index contributed by atoms with van der Waals surface area (Å²) in [5.41, 5.74) is 0.813. The van der Waals surface area contributed by atoms with E-state index in [1.54, 1.807) is 17.0 Å². The number of anilines is 1. The summed E-state index contributed by atoms with van der Waals surface area (Å²) in [7, 11) is 0. The molecule has 4 rings (SSSR count). The van der Waals surface area contributed by atoms with Crippen molar-refractivity contribution >= 4 is 57.0 Å². The van der Waals surface area contributed by atoms with Crippen LogP contribution in [-0.2, 0) is 9.59 Å². The number of hydrogen-bond acceptors (Lipinski definition) is 5. The Kier molecular flexibility index (Phi) is 6.53. The molecule has 3 aliphatic rings. The van der Waals surface area contributed by atoms with Crippen molar-refractivity contribution in [3.8, 4) is 0 Å². The van der Waals surface area contributed by atoms with Gasteiger partial charge >= 0.3 is 0 Å². The maximum atomic E-state index is 12.9. The lowest BCUT2D eigenvalue weighted by Gasteiger charge is -2.33. The van der Waals surface area contributed by atoms with Crippen molar-refractivity contribution in [2.24, 2.45) is 16.8 Å². The standard InChI is InChI=1S/C20H24ClN3O2S2/c21-16-1-3-17(4-2-16)24-12-15(11-18(24)25)19(26)23-8-5-14(6-9-23)13-28-20-22-7-10-27-20/h1-4,14-15H,5-13H2/t15-/m0/s1. The van der Waals surface area contributed by atoms with Crippen LogP contribution >= 0.6 is 35.1 Å². The van der Waals surface area contributed by atoms with Gasteiger partial charge in [-0.25, -0.2) is 0 Å². The molecule has 5 nitrogen and oxygen atoms in total. The van der Waals surface area contributed by atoms with Gasteiger partial charge in [0.2, 0.25) is 11.8 Å². The number of piperidine rings is 1. The molecule has 0 radical (unpaired) electrons. The first-order valence-electron chi connectivity index (χ1n) is 9.75. The zero-order valence-electron chi connectivity index (χ0n) is 15.7. The number of carbonyl (C=O) groups is 2. The van der Waals surface area contributed by atoms with E-state index in [1.807, 2.05) is 40.6 Å². The molecule has 8 heteroatoms. The molecule has 3 aliphatic heterocycles. The maximum Gasteiger partial charge on any atom is 0.228 e. The number of carbonyl (C=O) groups excluding carboxylic acids is 2. The molecule has 1 aromatic carbocycles. The Morgan fingerprint density at radius 1 is 1.25 bits per heavy atom. The molecule has 0 spiro atoms. The summed E-state index contributed by atoms with van der Waals surface area (Å²) >= 11 is 9.66. The molecular formula is C20H24ClN3O2S2. The van der Waals surface area contributed by atoms with E-state index in [4.69, 9.17) is 11.6 Å². The lowest BCUT2D eigenvalue weighted by molar-refractivity contribution is -0.137. The number of aliphatic imine (C=N–C) groups is 1. The van der Waals surface area contributed by atoms with E-state index in [-0.39, 0.29) is 17.7 Å². The normalized spacial score (nSPS) is 23.4. The Balaban J connectivity index is 1.27. The Bertz CT molecular complexity index is 763. The van der Waals surface area contributed by atoms with Gasteiger partial charge in [-0.15, -0.1) is 0 Å². The Hall–Kier alpha value is -1.18. The third kappa shape index (κ3) is 4.69. The SMILES string of the molecule is O=C([C@H]1CC(=O)N(c2ccc(Cl)cc2)C1)N1CCC(CSC2=NCCS2)CC1. The highest BCUT2D eigenvalue weighted by Gasteiger charge is 2.38. The number of rotatable bonds is 4. The number of benzene rings is 1. The Morgan fingerprint density at radius 3 is 2.68 bits per heavy atom. The first kappa shape index (κ1) is 20.1. The number of halogens is 1. The second-order valence-electron chi connectivity index (χ2n) is 7.46. The van der Waals surface area contributed by atoms with Crippen LogP contribution in [0.25, 0.3) is 0 Å². The van der Waals surface area contributed by atoms with E-state index >= 15 is 0 Å². The van der Waals surface area contributed by atoms with E-state index < -0.39 is 0 Å². The molecule has 2 amide bonds. The third-order valence-electron chi connectivity index (χ3n) is 5.54. The number of hydrogen-bond donors (Lipinski definition) is 0. The predicted octanol–water partition coefficient (Wildman–Crippen LogP) is 3.77. The summed E-state index contributed by atoms with van der Waals surface area (Å²) in [5.74, 6) is 2.77. The predicted molar refractivity (Wildman–Crippen MR) is 118 cm³/mol. The molecule has 0 N–H and O–H groups in total. The average Bonchev–Trinajstić information content (AvgIpc) is 3.37. The lowest BCUT2D eigenvalue weighted by Crippen LogP contribution is -2.42. The van der Waals surface area contributed by atoms with Crippen LogP contribution in [0.3, 0.4) is 0 Å². The number of likely N-dealkylation sites (tertiary alicyclic amines) is 1. The van der Waals surface area contributed by atoms with Crippen LogP contribution in [0, 0.1) is 11.8 Å². The van der Waals surface area contributed by atoms with E-state index in [1.165, 1.54) is 4.38 Å². The highest BCUT2D eigenvalue weighted by atomic mass is 35.5. The van der Waals surface area contributed by atoms with Crippen molar-refractivity contribution in [2.75, 3.05) is 42.6 Å². The van der Waals surface area contributed by atoms with Crippen LogP contribution < -0.4 is 4.90 Å². The maximum absolute atomic E-state index is 12.9. The van der Waals surface area contributed by atoms with Crippen molar-refractivity contribution < 1.29 is 9.59 Å². The van der Waals surface area contributed by atoms with E-state index in [9.17, 15) is 9.59 Å². The summed E-state index contributed by atoms with van der Waals surface area (Å²) in [6.07, 6.45) is 2.38. The van der Waals surface area contributed by atoms with Gasteiger partial charge in [0.15, 0.2) is 0 Å². The van der Waals surface area contributed by atoms with Crippen molar-refractivity contribution in [3.05, 3.63) is 29.3 Å². The fourth-order valence-electron chi connectivity index (χ4n) is 3.91. The molecule has 28 heavy (non-hydrogen) atoms. The summed E-state index contributed by atoms with van der Waals surface area (Å²) in [4.78, 5) is 33.5. The molecule has 150 valence electrons. The van der Waals surface area contributed by atoms with E-state index in [0.717, 1.165) is 49.7 Å². The second-order valence-corrected chi connectivity index (χ2v) is 10.2. The van der Waals surface area contributed by atoms with Gasteiger partial charge in [-0.3, -0.25) is 14.6 Å². The van der Waals surface area contributed by atoms with Gasteiger partial charge in [0.25, 0.3) is 0 Å². The molecule has 0 aliphatic carbocycles. The van der Waals surface area contributed by atoms with Crippen molar-refractivity contribution in [3.63, 3.8) is 0 Å². The first-order chi connectivity index (χ1) is 13.6. The van der Waals surface area contributed by atoms with Gasteiger partial charge < -0.3 is 9.80 Å². The quantitative estimate of drug-likeness (QED) is 0.719. The van der Waals surface area contributed by atoms with Gasteiger partial charge in [0.05, 0.1) is 12.5 Å². The van der Waals surface area contributed by atoms with E-state index in [0.29, 0.717) is 23.9 Å². The topological polar surface area (TPSA) is 53.0 Å². The van der Waals surface area contributed by atoms with Gasteiger partial charge in [0.1, 0.15) is 4.38 Å². The lowest BCUT2D eigenvalue weighted by atomic mass is 9.97. The van der Waals surface area contributed by atoms with Crippen LogP contribution in [-0.4, -0.2) is 58.8 Å². The molecule has 1 atom stereocenters. The van der Waals surface area contributed by atoms with Crippen LogP contribution in [0.1, 0.15) is 19.3 Å². The van der Waals surface area contributed by atoms with Crippen molar-refractivity contribution in [2.45, 2.75) is 19.3 Å². The van der Waals surface area contributed by atoms with Gasteiger partial charge in [-0.05, 0) is 43.0 Å². The molecule has 0 bridgehead atoms. The number of amides is 2. The third-order valence-corrected chi connectivity index (χ3v) is 8.27. The minimum atomic E-state index is -0.238. The summed E-state index contributed by atoms with van der Waals surface area (Å²) in [6, 6.07) is 7.22. The van der Waals surface area contributed by atoms with Gasteiger partial charge in [-0.2, -0.15) is 0 Å². The molecular weight excluding hydrogens is 414 g/mol. The minimum absolute atomic E-state index is 0.0156. The average molecular weight is 438 g/mol. The summed E-state index contributed by atoms with van der Waals surface area (Å²) < 4.78 is 1.23. The Labute approximate surface area is 179 Å². The van der Waals surface area contributed by atoms with Gasteiger partial charge in [-0.1, -0.05) is 35.1 Å². The fraction of sp³-hybridized carbons (Fsp3) is 0.550. The highest BCUT2D eigenvalue weighted by molar-refractivity contribution is 8.39. The molecule has 2 fully saturated rings. The summed E-state index contributed by atoms with van der Waals surface area (Å²) in [5, 5.41) is 0.641. The summed E-state index contributed by atoms with van der Waals surface area (Å²) in [6.45, 7) is 3.02. The minimum Gasteiger partial charge on any atom is -0.342 e. The Morgan fingerprint density at radius 2 is 2.00 bits per heavy atom. The number of thioether (sulfide) groups is 2. The van der Waals surface area contributed by atoms with Crippen molar-refractivity contribution in [1.29, 1.82) is 0 Å². The van der Waals surface area contributed by atoms with Crippen LogP contribution in [0.15, 0.2) is 29.3 Å². The van der Waals surface area contributed by atoms with Crippen LogP contribution in [0.2, 0.25) is 5.02 Å². The zero-order valence-corrected chi connectivity index (χ0v) is 18.1. The first-order valence-corrected chi connectivity index (χ1v) is 12.1. The smallest absolute Gasteiger partial charge is 0.228 e. The number of nitrogens with zero attached hydrogens (tertiary/aromatic N) is 3. The largest absolute Gasteiger partial charge is 0.342 e. The molecule has 0 saturated carbocycles. The zero-order chi connectivity index (χ0) is 19.5. The van der Waals surface area contributed by atoms with Crippen LogP contribution in [0.4, 0.5) is 5.69 Å². The molecule has 1 aromatic rings. The highest BCUT2D eigenvalue weighted by Crippen LogP contribution is 2.30. The molecule has 3 heterocycles. The molecule has 0 unspecified atom stereocenters. The second kappa shape index (κ2) is 9.09. The monoisotopic (exact) mass is 437 g/mol. The fourth-order valence-corrected chi connectivity index (χ4v) is 6.26. The van der Waals surface area contributed by atoms with E-state index in [2.05, 4.69) is 4.99 Å². The molecule has 2 saturated heterocycles.